The molecule has 0 spiro atoms. The van der Waals surface area contributed by atoms with E-state index in [4.69, 9.17) is 5.73 Å². The molecule has 10 heavy (non-hydrogen) atoms. The molecule has 0 amide bonds. The Hall–Kier alpha value is -0.740. The third kappa shape index (κ3) is 1.40. The summed E-state index contributed by atoms with van der Waals surface area (Å²) in [6, 6.07) is -0.0972. The summed E-state index contributed by atoms with van der Waals surface area (Å²) in [5, 5.41) is 3.67. The highest BCUT2D eigenvalue weighted by Crippen LogP contribution is 2.18. The SMILES string of the molecule is C=C(C)C(N)c1cnns1. The first kappa shape index (κ1) is 7.37. The highest BCUT2D eigenvalue weighted by Gasteiger charge is 2.07. The van der Waals surface area contributed by atoms with Crippen molar-refractivity contribution in [3.05, 3.63) is 23.2 Å². The Bertz CT molecular complexity index is 217. The van der Waals surface area contributed by atoms with Crippen LogP contribution in [0.2, 0.25) is 0 Å². The average Bonchev–Trinajstić information content (AvgIpc) is 2.36. The molecule has 0 saturated heterocycles. The van der Waals surface area contributed by atoms with Gasteiger partial charge in [-0.25, -0.2) is 0 Å². The molecule has 0 radical (unpaired) electrons. The third-order valence-corrected chi connectivity index (χ3v) is 1.96. The molecule has 2 N–H and O–H groups in total. The highest BCUT2D eigenvalue weighted by atomic mass is 32.1. The predicted molar refractivity (Wildman–Crippen MR) is 41.7 cm³/mol. The van der Waals surface area contributed by atoms with Crippen molar-refractivity contribution in [2.45, 2.75) is 13.0 Å². The zero-order chi connectivity index (χ0) is 7.56. The van der Waals surface area contributed by atoms with Crippen molar-refractivity contribution in [2.24, 2.45) is 5.73 Å². The molecule has 1 atom stereocenters. The van der Waals surface area contributed by atoms with Crippen LogP contribution in [0.3, 0.4) is 0 Å². The molecule has 1 rings (SSSR count). The molecule has 1 heterocycles. The molecular formula is C6H9N3S. The monoisotopic (exact) mass is 155 g/mol. The first-order valence-electron chi connectivity index (χ1n) is 2.90. The smallest absolute Gasteiger partial charge is 0.0672 e. The second-order valence-corrected chi connectivity index (χ2v) is 2.96. The van der Waals surface area contributed by atoms with Crippen LogP contribution in [0.25, 0.3) is 0 Å². The molecule has 4 heteroatoms. The fraction of sp³-hybridized carbons (Fsp3) is 0.333. The van der Waals surface area contributed by atoms with E-state index < -0.39 is 0 Å². The number of rotatable bonds is 2. The summed E-state index contributed by atoms with van der Waals surface area (Å²) in [6.45, 7) is 5.63. The van der Waals surface area contributed by atoms with Crippen molar-refractivity contribution in [2.75, 3.05) is 0 Å². The zero-order valence-electron chi connectivity index (χ0n) is 5.74. The van der Waals surface area contributed by atoms with Gasteiger partial charge in [-0.3, -0.25) is 0 Å². The first-order valence-corrected chi connectivity index (χ1v) is 3.67. The van der Waals surface area contributed by atoms with Crippen LogP contribution < -0.4 is 5.73 Å². The Morgan fingerprint density at radius 3 is 3.00 bits per heavy atom. The molecule has 0 aliphatic heterocycles. The Balaban J connectivity index is 2.77. The summed E-state index contributed by atoms with van der Waals surface area (Å²) in [7, 11) is 0. The van der Waals surface area contributed by atoms with Gasteiger partial charge in [0.1, 0.15) is 0 Å². The Labute approximate surface area is 63.7 Å². The van der Waals surface area contributed by atoms with Gasteiger partial charge in [0.05, 0.1) is 17.1 Å². The second kappa shape index (κ2) is 2.90. The van der Waals surface area contributed by atoms with Gasteiger partial charge in [0, 0.05) is 0 Å². The van der Waals surface area contributed by atoms with Gasteiger partial charge >= 0.3 is 0 Å². The molecule has 3 nitrogen and oxygen atoms in total. The van der Waals surface area contributed by atoms with Gasteiger partial charge in [-0.2, -0.15) is 0 Å². The van der Waals surface area contributed by atoms with Crippen molar-refractivity contribution in [1.82, 2.24) is 9.59 Å². The maximum absolute atomic E-state index is 5.71. The number of hydrogen-bond donors (Lipinski definition) is 1. The molecule has 1 aromatic rings. The Morgan fingerprint density at radius 2 is 2.60 bits per heavy atom. The van der Waals surface area contributed by atoms with Crippen LogP contribution in [0.4, 0.5) is 0 Å². The van der Waals surface area contributed by atoms with Crippen molar-refractivity contribution in [1.29, 1.82) is 0 Å². The Kier molecular flexibility index (Phi) is 2.13. The first-order chi connectivity index (χ1) is 4.72. The summed E-state index contributed by atoms with van der Waals surface area (Å²) >= 11 is 1.31. The molecule has 0 fully saturated rings. The zero-order valence-corrected chi connectivity index (χ0v) is 6.56. The van der Waals surface area contributed by atoms with E-state index in [9.17, 15) is 0 Å². The minimum atomic E-state index is -0.0972. The third-order valence-electron chi connectivity index (χ3n) is 1.22. The van der Waals surface area contributed by atoms with E-state index in [0.29, 0.717) is 0 Å². The predicted octanol–water partition coefficient (Wildman–Crippen LogP) is 1.11. The van der Waals surface area contributed by atoms with Crippen LogP contribution in [-0.4, -0.2) is 9.59 Å². The van der Waals surface area contributed by atoms with Crippen LogP contribution in [0.5, 0.6) is 0 Å². The molecule has 0 aliphatic rings. The maximum Gasteiger partial charge on any atom is 0.0672 e. The Morgan fingerprint density at radius 1 is 1.90 bits per heavy atom. The summed E-state index contributed by atoms with van der Waals surface area (Å²) in [6.07, 6.45) is 1.67. The van der Waals surface area contributed by atoms with E-state index in [1.54, 1.807) is 6.20 Å². The minimum absolute atomic E-state index is 0.0972. The second-order valence-electron chi connectivity index (χ2n) is 2.14. The van der Waals surface area contributed by atoms with Crippen LogP contribution >= 0.6 is 11.5 Å². The molecule has 1 aromatic heterocycles. The fourth-order valence-electron chi connectivity index (χ4n) is 0.555. The van der Waals surface area contributed by atoms with E-state index in [2.05, 4.69) is 16.2 Å². The van der Waals surface area contributed by atoms with Crippen molar-refractivity contribution >= 4 is 11.5 Å². The summed E-state index contributed by atoms with van der Waals surface area (Å²) < 4.78 is 3.70. The lowest BCUT2D eigenvalue weighted by Crippen LogP contribution is -2.08. The number of nitrogens with zero attached hydrogens (tertiary/aromatic N) is 2. The van der Waals surface area contributed by atoms with Gasteiger partial charge in [-0.1, -0.05) is 16.6 Å². The van der Waals surface area contributed by atoms with Crippen molar-refractivity contribution < 1.29 is 0 Å². The lowest BCUT2D eigenvalue weighted by atomic mass is 10.1. The normalized spacial score (nSPS) is 13.0. The van der Waals surface area contributed by atoms with Crippen LogP contribution in [0.1, 0.15) is 17.8 Å². The molecule has 0 aromatic carbocycles. The number of hydrogen-bond acceptors (Lipinski definition) is 4. The summed E-state index contributed by atoms with van der Waals surface area (Å²) in [5.41, 5.74) is 6.65. The topological polar surface area (TPSA) is 51.8 Å². The van der Waals surface area contributed by atoms with E-state index in [1.165, 1.54) is 11.5 Å². The van der Waals surface area contributed by atoms with Gasteiger partial charge in [-0.05, 0) is 18.5 Å². The summed E-state index contributed by atoms with van der Waals surface area (Å²) in [5.74, 6) is 0. The van der Waals surface area contributed by atoms with Gasteiger partial charge in [-0.15, -0.1) is 5.10 Å². The van der Waals surface area contributed by atoms with Crippen molar-refractivity contribution in [3.8, 4) is 0 Å². The lowest BCUT2D eigenvalue weighted by Gasteiger charge is -2.05. The van der Waals surface area contributed by atoms with E-state index in [-0.39, 0.29) is 6.04 Å². The van der Waals surface area contributed by atoms with Crippen molar-refractivity contribution in [3.63, 3.8) is 0 Å². The molecule has 0 aliphatic carbocycles. The average molecular weight is 155 g/mol. The molecule has 54 valence electrons. The van der Waals surface area contributed by atoms with Crippen LogP contribution in [0.15, 0.2) is 18.3 Å². The van der Waals surface area contributed by atoms with Crippen LogP contribution in [-0.2, 0) is 0 Å². The van der Waals surface area contributed by atoms with Gasteiger partial charge in [0.2, 0.25) is 0 Å². The van der Waals surface area contributed by atoms with Crippen LogP contribution in [0, 0.1) is 0 Å². The highest BCUT2D eigenvalue weighted by molar-refractivity contribution is 7.05. The minimum Gasteiger partial charge on any atom is -0.320 e. The quantitative estimate of drug-likeness (QED) is 0.651. The molecule has 1 unspecified atom stereocenters. The van der Waals surface area contributed by atoms with E-state index in [1.807, 2.05) is 6.92 Å². The molecule has 0 saturated carbocycles. The maximum atomic E-state index is 5.71. The van der Waals surface area contributed by atoms with Gasteiger partial charge in [0.25, 0.3) is 0 Å². The molecular weight excluding hydrogens is 146 g/mol. The summed E-state index contributed by atoms with van der Waals surface area (Å²) in [4.78, 5) is 0.965. The number of aromatic nitrogens is 2. The standard InChI is InChI=1S/C6H9N3S/c1-4(2)6(7)5-3-8-9-10-5/h3,6H,1,7H2,2H3. The van der Waals surface area contributed by atoms with E-state index >= 15 is 0 Å². The fourth-order valence-corrected chi connectivity index (χ4v) is 1.15. The largest absolute Gasteiger partial charge is 0.320 e. The number of nitrogens with two attached hydrogens (primary N) is 1. The molecule has 0 bridgehead atoms. The van der Waals surface area contributed by atoms with E-state index in [0.717, 1.165) is 10.5 Å². The van der Waals surface area contributed by atoms with Gasteiger partial charge < -0.3 is 5.73 Å². The van der Waals surface area contributed by atoms with Gasteiger partial charge in [0.15, 0.2) is 0 Å². The lowest BCUT2D eigenvalue weighted by molar-refractivity contribution is 0.867.